The molecule has 0 fully saturated rings. The summed E-state index contributed by atoms with van der Waals surface area (Å²) in [4.78, 5) is 1.32. The van der Waals surface area contributed by atoms with Crippen molar-refractivity contribution in [2.75, 3.05) is 13.2 Å². The molecule has 1 aliphatic rings. The van der Waals surface area contributed by atoms with E-state index >= 15 is 0 Å². The molecular formula is C16H17BrClNOS. The molecule has 5 heteroatoms. The third kappa shape index (κ3) is 3.29. The molecule has 0 aliphatic carbocycles. The molecule has 21 heavy (non-hydrogen) atoms. The molecule has 1 aromatic heterocycles. The van der Waals surface area contributed by atoms with E-state index < -0.39 is 0 Å². The third-order valence-corrected chi connectivity index (χ3v) is 5.86. The third-order valence-electron chi connectivity index (χ3n) is 3.66. The van der Waals surface area contributed by atoms with Gasteiger partial charge in [-0.2, -0.15) is 0 Å². The molecular weight excluding hydrogens is 370 g/mol. The Morgan fingerprint density at radius 3 is 3.05 bits per heavy atom. The Kier molecular flexibility index (Phi) is 4.89. The van der Waals surface area contributed by atoms with Crippen molar-refractivity contribution in [2.24, 2.45) is 0 Å². The number of thiophene rings is 1. The van der Waals surface area contributed by atoms with Crippen LogP contribution in [-0.4, -0.2) is 13.2 Å². The summed E-state index contributed by atoms with van der Waals surface area (Å²) >= 11 is 11.7. The first-order valence-electron chi connectivity index (χ1n) is 7.09. The fourth-order valence-electron chi connectivity index (χ4n) is 2.78. The summed E-state index contributed by atoms with van der Waals surface area (Å²) in [6.07, 6.45) is 1.84. The van der Waals surface area contributed by atoms with Gasteiger partial charge in [0.1, 0.15) is 5.75 Å². The van der Waals surface area contributed by atoms with Gasteiger partial charge in [-0.3, -0.25) is 0 Å². The molecule has 0 radical (unpaired) electrons. The van der Waals surface area contributed by atoms with Crippen molar-refractivity contribution in [1.29, 1.82) is 0 Å². The van der Waals surface area contributed by atoms with Gasteiger partial charge in [0.15, 0.2) is 0 Å². The molecule has 3 rings (SSSR count). The summed E-state index contributed by atoms with van der Waals surface area (Å²) in [6, 6.07) is 6.44. The van der Waals surface area contributed by atoms with E-state index in [1.54, 1.807) is 11.3 Å². The normalized spacial score (nSPS) is 14.8. The lowest BCUT2D eigenvalue weighted by molar-refractivity contribution is 0.351. The minimum absolute atomic E-state index is 0.274. The Labute approximate surface area is 142 Å². The first kappa shape index (κ1) is 15.3. The van der Waals surface area contributed by atoms with Crippen LogP contribution < -0.4 is 10.1 Å². The molecule has 1 aliphatic heterocycles. The van der Waals surface area contributed by atoms with Crippen molar-refractivity contribution in [1.82, 2.24) is 5.32 Å². The van der Waals surface area contributed by atoms with Gasteiger partial charge in [-0.15, -0.1) is 11.3 Å². The molecule has 2 aromatic rings. The monoisotopic (exact) mass is 385 g/mol. The van der Waals surface area contributed by atoms with E-state index in [4.69, 9.17) is 16.3 Å². The number of hydrogen-bond acceptors (Lipinski definition) is 3. The summed E-state index contributed by atoms with van der Waals surface area (Å²) in [5.74, 6) is 1.04. The van der Waals surface area contributed by atoms with Crippen LogP contribution in [0.3, 0.4) is 0 Å². The van der Waals surface area contributed by atoms with E-state index in [9.17, 15) is 0 Å². The molecule has 0 bridgehead atoms. The van der Waals surface area contributed by atoms with Crippen LogP contribution in [0.5, 0.6) is 5.75 Å². The van der Waals surface area contributed by atoms with Crippen LogP contribution in [0.4, 0.5) is 0 Å². The second-order valence-electron chi connectivity index (χ2n) is 5.10. The van der Waals surface area contributed by atoms with Crippen LogP contribution in [0.15, 0.2) is 28.1 Å². The standard InChI is InChI=1S/C16H17BrClNOS/c1-2-19-14(16-13(17)4-6-21-16)9-11-8-12(18)7-10-3-5-20-15(10)11/h4,6-8,14,19H,2-3,5,9H2,1H3. The Hall–Kier alpha value is -0.550. The van der Waals surface area contributed by atoms with E-state index in [2.05, 4.69) is 39.6 Å². The van der Waals surface area contributed by atoms with Crippen molar-refractivity contribution in [2.45, 2.75) is 25.8 Å². The van der Waals surface area contributed by atoms with Gasteiger partial charge in [-0.05, 0) is 63.6 Å². The predicted molar refractivity (Wildman–Crippen MR) is 92.8 cm³/mol. The fraction of sp³-hybridized carbons (Fsp3) is 0.375. The molecule has 1 N–H and O–H groups in total. The van der Waals surface area contributed by atoms with Gasteiger partial charge in [0.2, 0.25) is 0 Å². The van der Waals surface area contributed by atoms with Crippen LogP contribution in [0.2, 0.25) is 5.02 Å². The van der Waals surface area contributed by atoms with E-state index in [1.807, 2.05) is 12.1 Å². The summed E-state index contributed by atoms with van der Waals surface area (Å²) in [5.41, 5.74) is 2.43. The number of fused-ring (bicyclic) bond motifs is 1. The smallest absolute Gasteiger partial charge is 0.125 e. The molecule has 0 spiro atoms. The second kappa shape index (κ2) is 6.69. The van der Waals surface area contributed by atoms with E-state index in [0.717, 1.165) is 41.2 Å². The number of likely N-dealkylation sites (N-methyl/N-ethyl adjacent to an activating group) is 1. The van der Waals surface area contributed by atoms with Crippen molar-refractivity contribution >= 4 is 38.9 Å². The van der Waals surface area contributed by atoms with E-state index in [-0.39, 0.29) is 6.04 Å². The topological polar surface area (TPSA) is 21.3 Å². The highest BCUT2D eigenvalue weighted by molar-refractivity contribution is 9.10. The van der Waals surface area contributed by atoms with Crippen molar-refractivity contribution in [3.8, 4) is 5.75 Å². The molecule has 1 aromatic carbocycles. The number of halogens is 2. The molecule has 1 atom stereocenters. The average molecular weight is 387 g/mol. The maximum Gasteiger partial charge on any atom is 0.125 e. The number of rotatable bonds is 5. The summed E-state index contributed by atoms with van der Waals surface area (Å²) in [5, 5.41) is 6.48. The highest BCUT2D eigenvalue weighted by atomic mass is 79.9. The first-order chi connectivity index (χ1) is 10.2. The minimum atomic E-state index is 0.274. The average Bonchev–Trinajstić information content (AvgIpc) is 3.06. The molecule has 0 saturated heterocycles. The number of benzene rings is 1. The van der Waals surface area contributed by atoms with Gasteiger partial charge in [0.05, 0.1) is 6.61 Å². The zero-order valence-electron chi connectivity index (χ0n) is 11.8. The van der Waals surface area contributed by atoms with Crippen molar-refractivity contribution in [3.05, 3.63) is 49.1 Å². The van der Waals surface area contributed by atoms with Crippen LogP contribution in [0.1, 0.15) is 29.0 Å². The lowest BCUT2D eigenvalue weighted by atomic mass is 10.0. The number of ether oxygens (including phenoxy) is 1. The van der Waals surface area contributed by atoms with Gasteiger partial charge in [-0.1, -0.05) is 18.5 Å². The van der Waals surface area contributed by atoms with Gasteiger partial charge in [-0.25, -0.2) is 0 Å². The Morgan fingerprint density at radius 1 is 1.48 bits per heavy atom. The summed E-state index contributed by atoms with van der Waals surface area (Å²) < 4.78 is 6.98. The number of hydrogen-bond donors (Lipinski definition) is 1. The zero-order chi connectivity index (χ0) is 14.8. The largest absolute Gasteiger partial charge is 0.493 e. The molecule has 1 unspecified atom stereocenters. The van der Waals surface area contributed by atoms with Crippen LogP contribution >= 0.6 is 38.9 Å². The summed E-state index contributed by atoms with van der Waals surface area (Å²) in [6.45, 7) is 3.82. The molecule has 112 valence electrons. The molecule has 0 amide bonds. The van der Waals surface area contributed by atoms with Gasteiger partial charge in [0, 0.05) is 26.8 Å². The highest BCUT2D eigenvalue weighted by Crippen LogP contribution is 2.37. The summed E-state index contributed by atoms with van der Waals surface area (Å²) in [7, 11) is 0. The Balaban J connectivity index is 1.92. The second-order valence-corrected chi connectivity index (χ2v) is 7.34. The fourth-order valence-corrected chi connectivity index (χ4v) is 4.77. The van der Waals surface area contributed by atoms with Crippen LogP contribution in [-0.2, 0) is 12.8 Å². The van der Waals surface area contributed by atoms with Gasteiger partial charge in [0.25, 0.3) is 0 Å². The first-order valence-corrected chi connectivity index (χ1v) is 9.14. The maximum absolute atomic E-state index is 6.26. The number of nitrogens with one attached hydrogen (secondary N) is 1. The van der Waals surface area contributed by atoms with Crippen molar-refractivity contribution < 1.29 is 4.74 Å². The van der Waals surface area contributed by atoms with Crippen molar-refractivity contribution in [3.63, 3.8) is 0 Å². The predicted octanol–water partition coefficient (Wildman–Crippen LogP) is 4.99. The van der Waals surface area contributed by atoms with Gasteiger partial charge < -0.3 is 10.1 Å². The lowest BCUT2D eigenvalue weighted by Gasteiger charge is -2.19. The SMILES string of the molecule is CCNC(Cc1cc(Cl)cc2c1OCC2)c1sccc1Br. The lowest BCUT2D eigenvalue weighted by Crippen LogP contribution is -2.22. The molecule has 2 heterocycles. The minimum Gasteiger partial charge on any atom is -0.493 e. The Bertz CT molecular complexity index is 643. The quantitative estimate of drug-likeness (QED) is 0.781. The van der Waals surface area contributed by atoms with E-state index in [1.165, 1.54) is 16.0 Å². The zero-order valence-corrected chi connectivity index (χ0v) is 14.9. The van der Waals surface area contributed by atoms with Crippen LogP contribution in [0, 0.1) is 0 Å². The molecule has 0 saturated carbocycles. The van der Waals surface area contributed by atoms with Gasteiger partial charge >= 0.3 is 0 Å². The molecule has 2 nitrogen and oxygen atoms in total. The highest BCUT2D eigenvalue weighted by Gasteiger charge is 2.22. The Morgan fingerprint density at radius 2 is 2.33 bits per heavy atom. The van der Waals surface area contributed by atoms with Crippen LogP contribution in [0.25, 0.3) is 0 Å². The van der Waals surface area contributed by atoms with E-state index in [0.29, 0.717) is 0 Å². The maximum atomic E-state index is 6.26.